The maximum atomic E-state index is 8.21. The van der Waals surface area contributed by atoms with Gasteiger partial charge in [-0.15, -0.1) is 11.1 Å². The van der Waals surface area contributed by atoms with E-state index in [0.717, 1.165) is 94.7 Å². The molecular weight excluding hydrogens is 746 g/mol. The van der Waals surface area contributed by atoms with Crippen LogP contribution in [0.2, 0.25) is 0 Å². The van der Waals surface area contributed by atoms with Crippen molar-refractivity contribution >= 4 is 0 Å². The van der Waals surface area contributed by atoms with Gasteiger partial charge in [0.2, 0.25) is 0 Å². The van der Waals surface area contributed by atoms with Gasteiger partial charge in [0.15, 0.2) is 0 Å². The fourth-order valence-corrected chi connectivity index (χ4v) is 13.0. The largest absolute Gasteiger partial charge is 2.00 e. The maximum absolute atomic E-state index is 8.21. The summed E-state index contributed by atoms with van der Waals surface area (Å²) in [6.07, 6.45) is 16.2. The third kappa shape index (κ3) is 8.00. The third-order valence-corrected chi connectivity index (χ3v) is 16.4. The van der Waals surface area contributed by atoms with Crippen molar-refractivity contribution in [3.8, 4) is 0 Å². The van der Waals surface area contributed by atoms with E-state index in [0.29, 0.717) is 0 Å². The Bertz CT molecular complexity index is 667. The minimum absolute atomic E-state index is 0. The number of nitrogens with one attached hydrogen (secondary N) is 2. The molecule has 10 fully saturated rings. The average molecular weight is 819 g/mol. The summed E-state index contributed by atoms with van der Waals surface area (Å²) in [4.78, 5) is 0. The van der Waals surface area contributed by atoms with Crippen LogP contribution in [0.3, 0.4) is 0 Å². The van der Waals surface area contributed by atoms with Crippen molar-refractivity contribution in [2.75, 3.05) is 0 Å². The molecule has 0 atom stereocenters. The van der Waals surface area contributed by atoms with Crippen LogP contribution in [0, 0.1) is 126 Å². The van der Waals surface area contributed by atoms with E-state index in [2.05, 4.69) is 69.2 Å². The smallest absolute Gasteiger partial charge is 0.672 e. The van der Waals surface area contributed by atoms with Gasteiger partial charge < -0.3 is 11.5 Å². The van der Waals surface area contributed by atoms with Crippen molar-refractivity contribution in [2.45, 2.75) is 157 Å². The van der Waals surface area contributed by atoms with Gasteiger partial charge in [-0.2, -0.15) is 0 Å². The Balaban J connectivity index is 0.000000131. The monoisotopic (exact) mass is 819 g/mol. The van der Waals surface area contributed by atoms with Gasteiger partial charge in [-0.3, -0.25) is 0 Å². The molecule has 0 aromatic carbocycles. The first-order chi connectivity index (χ1) is 19.6. The van der Waals surface area contributed by atoms with Crippen molar-refractivity contribution in [3.63, 3.8) is 0 Å². The van der Waals surface area contributed by atoms with E-state index in [9.17, 15) is 0 Å². The summed E-state index contributed by atoms with van der Waals surface area (Å²) in [6, 6.07) is 0. The molecule has 2 N–H and O–H groups in total. The predicted molar refractivity (Wildman–Crippen MR) is 182 cm³/mol. The Morgan fingerprint density at radius 3 is 0.512 bits per heavy atom. The Morgan fingerprint density at radius 1 is 0.302 bits per heavy atom. The van der Waals surface area contributed by atoms with E-state index in [1.807, 2.05) is 0 Å². The standard InChI is InChI=1S/2C10H16N.2C10H20.U/c2*11-10-4-7-1-8(5-10)3-9(2-7)6-10;2*1-6-7(2)9(4)10(5)8(6)3;/h2*7-9,11H,1-6H2;2*6-10H,1-5H3;/q2*-1;;;+2. The van der Waals surface area contributed by atoms with Gasteiger partial charge in [-0.25, -0.2) is 0 Å². The van der Waals surface area contributed by atoms with Crippen LogP contribution >= 0.6 is 0 Å². The molecule has 2 nitrogen and oxygen atoms in total. The van der Waals surface area contributed by atoms with Crippen LogP contribution in [0.1, 0.15) is 146 Å². The number of rotatable bonds is 0. The first kappa shape index (κ1) is 36.8. The molecule has 10 rings (SSSR count). The fourth-order valence-electron chi connectivity index (χ4n) is 13.0. The topological polar surface area (TPSA) is 47.6 Å². The molecule has 0 aromatic rings. The van der Waals surface area contributed by atoms with Crippen LogP contribution in [0.15, 0.2) is 0 Å². The van der Waals surface area contributed by atoms with Gasteiger partial charge in [0.1, 0.15) is 0 Å². The second-order valence-electron chi connectivity index (χ2n) is 19.0. The second-order valence-corrected chi connectivity index (χ2v) is 19.0. The molecule has 3 heteroatoms. The average Bonchev–Trinajstić information content (AvgIpc) is 3.17. The van der Waals surface area contributed by atoms with E-state index < -0.39 is 0 Å². The summed E-state index contributed by atoms with van der Waals surface area (Å²) in [6.45, 7) is 24.0. The molecule has 0 heterocycles. The van der Waals surface area contributed by atoms with E-state index in [-0.39, 0.29) is 42.2 Å². The third-order valence-electron chi connectivity index (χ3n) is 16.4. The molecule has 0 amide bonds. The summed E-state index contributed by atoms with van der Waals surface area (Å²) in [5, 5.41) is 0. The van der Waals surface area contributed by atoms with Crippen LogP contribution in [0.5, 0.6) is 0 Å². The Kier molecular flexibility index (Phi) is 12.2. The van der Waals surface area contributed by atoms with Crippen LogP contribution in [0.4, 0.5) is 0 Å². The normalized spacial score (nSPS) is 56.7. The van der Waals surface area contributed by atoms with Crippen molar-refractivity contribution < 1.29 is 31.1 Å². The number of hydrogen-bond donors (Lipinski definition) is 0. The van der Waals surface area contributed by atoms with Crippen molar-refractivity contribution in [2.24, 2.45) is 94.7 Å². The molecule has 0 aromatic heterocycles. The van der Waals surface area contributed by atoms with Crippen molar-refractivity contribution in [1.29, 1.82) is 0 Å². The van der Waals surface area contributed by atoms with E-state index >= 15 is 0 Å². The molecule has 43 heavy (non-hydrogen) atoms. The van der Waals surface area contributed by atoms with E-state index in [4.69, 9.17) is 11.5 Å². The zero-order valence-electron chi connectivity index (χ0n) is 30.2. The Labute approximate surface area is 293 Å². The van der Waals surface area contributed by atoms with Crippen molar-refractivity contribution in [1.82, 2.24) is 0 Å². The van der Waals surface area contributed by atoms with Gasteiger partial charge in [-0.1, -0.05) is 108 Å². The molecule has 0 spiro atoms. The fraction of sp³-hybridized carbons (Fsp3) is 1.00. The maximum Gasteiger partial charge on any atom is 2.00 e. The molecule has 0 aliphatic heterocycles. The molecule has 10 aliphatic rings. The summed E-state index contributed by atoms with van der Waals surface area (Å²) < 4.78 is 0. The van der Waals surface area contributed by atoms with Crippen LogP contribution < -0.4 is 0 Å². The minimum Gasteiger partial charge on any atom is -0.672 e. The van der Waals surface area contributed by atoms with Crippen LogP contribution in [-0.4, -0.2) is 11.1 Å². The first-order valence-electron chi connectivity index (χ1n) is 19.1. The molecular formula is C40H72N2U. The van der Waals surface area contributed by atoms with Gasteiger partial charge in [0.05, 0.1) is 0 Å². The zero-order chi connectivity index (χ0) is 30.7. The van der Waals surface area contributed by atoms with Crippen molar-refractivity contribution in [3.05, 3.63) is 11.5 Å². The Hall–Kier alpha value is 0.972. The molecule has 0 unspecified atom stereocenters. The molecule has 8 bridgehead atoms. The summed E-state index contributed by atoms with van der Waals surface area (Å²) in [7, 11) is 0. The second kappa shape index (κ2) is 14.2. The van der Waals surface area contributed by atoms with Gasteiger partial charge in [-0.05, 0) is 133 Å². The predicted octanol–water partition coefficient (Wildman–Crippen LogP) is 12.4. The van der Waals surface area contributed by atoms with Gasteiger partial charge in [0, 0.05) is 0 Å². The van der Waals surface area contributed by atoms with Gasteiger partial charge >= 0.3 is 31.1 Å². The number of hydrogen-bond acceptors (Lipinski definition) is 0. The molecule has 10 saturated carbocycles. The molecule has 246 valence electrons. The molecule has 0 radical (unpaired) electrons. The first-order valence-corrected chi connectivity index (χ1v) is 19.1. The summed E-state index contributed by atoms with van der Waals surface area (Å²) in [5.74, 6) is 15.1. The Morgan fingerprint density at radius 2 is 0.419 bits per heavy atom. The quantitative estimate of drug-likeness (QED) is 0.234. The minimum atomic E-state index is 0. The van der Waals surface area contributed by atoms with Gasteiger partial charge in [0.25, 0.3) is 0 Å². The van der Waals surface area contributed by atoms with Crippen LogP contribution in [0.25, 0.3) is 11.5 Å². The molecule has 0 saturated heterocycles. The molecule has 10 aliphatic carbocycles. The summed E-state index contributed by atoms with van der Waals surface area (Å²) >= 11 is 0. The van der Waals surface area contributed by atoms with Crippen LogP contribution in [-0.2, 0) is 0 Å². The SMILES string of the molecule is CC1C(C)C(C)C(C)C1C.CC1C(C)C(C)C(C)C1C.[NH-]C12CC3CC(CC(C3)C1)C2.[NH-]C12CC3CC(CC(C3)C1)C2.[U+2]. The zero-order valence-corrected chi connectivity index (χ0v) is 34.4. The van der Waals surface area contributed by atoms with E-state index in [1.165, 1.54) is 77.0 Å². The summed E-state index contributed by atoms with van der Waals surface area (Å²) in [5.41, 5.74) is 16.5. The van der Waals surface area contributed by atoms with E-state index in [1.54, 1.807) is 0 Å².